The molecule has 28 heavy (non-hydrogen) atoms. The van der Waals surface area contributed by atoms with Gasteiger partial charge in [-0.2, -0.15) is 0 Å². The Hall–Kier alpha value is -2.19. The number of aryl methyl sites for hydroxylation is 2. The van der Waals surface area contributed by atoms with E-state index in [2.05, 4.69) is 5.16 Å². The Balaban J connectivity index is 1.80. The van der Waals surface area contributed by atoms with Gasteiger partial charge in [0.1, 0.15) is 5.76 Å². The van der Waals surface area contributed by atoms with Crippen molar-refractivity contribution in [1.82, 2.24) is 9.46 Å². The minimum absolute atomic E-state index is 0.0137. The maximum atomic E-state index is 13.4. The van der Waals surface area contributed by atoms with Crippen LogP contribution in [0.4, 0.5) is 5.69 Å². The lowest BCUT2D eigenvalue weighted by atomic mass is 9.96. The third-order valence-corrected chi connectivity index (χ3v) is 7.27. The molecule has 2 heterocycles. The zero-order valence-corrected chi connectivity index (χ0v) is 17.4. The number of anilines is 1. The van der Waals surface area contributed by atoms with Crippen LogP contribution in [-0.2, 0) is 21.4 Å². The van der Waals surface area contributed by atoms with Gasteiger partial charge >= 0.3 is 0 Å². The number of hydrogen-bond acceptors (Lipinski definition) is 5. The van der Waals surface area contributed by atoms with Crippen LogP contribution in [0.2, 0.25) is 0 Å². The average molecular weight is 406 g/mol. The maximum absolute atomic E-state index is 13.4. The summed E-state index contributed by atoms with van der Waals surface area (Å²) in [5, 5.41) is 3.99. The van der Waals surface area contributed by atoms with Gasteiger partial charge in [-0.15, -0.1) is 0 Å². The van der Waals surface area contributed by atoms with Gasteiger partial charge in [-0.05, 0) is 45.7 Å². The van der Waals surface area contributed by atoms with E-state index in [9.17, 15) is 13.2 Å². The third-order valence-electron chi connectivity index (χ3n) is 5.39. The fourth-order valence-electron chi connectivity index (χ4n) is 3.57. The molecule has 1 aliphatic rings. The number of hydrogen-bond donors (Lipinski definition) is 0. The summed E-state index contributed by atoms with van der Waals surface area (Å²) in [4.78, 5) is 15.1. The van der Waals surface area contributed by atoms with E-state index in [1.807, 2.05) is 44.2 Å². The van der Waals surface area contributed by atoms with Crippen LogP contribution in [0, 0.1) is 19.8 Å². The Kier molecular flexibility index (Phi) is 6.20. The molecular formula is C20H27N3O4S. The molecule has 3 rings (SSSR count). The number of piperidine rings is 1. The lowest BCUT2D eigenvalue weighted by Crippen LogP contribution is -2.44. The molecule has 0 aliphatic carbocycles. The number of carbonyl (C=O) groups excluding carboxylic acids is 1. The monoisotopic (exact) mass is 405 g/mol. The van der Waals surface area contributed by atoms with Crippen LogP contribution >= 0.6 is 0 Å². The minimum Gasteiger partial charge on any atom is -0.361 e. The Morgan fingerprint density at radius 2 is 1.86 bits per heavy atom. The molecule has 0 unspecified atom stereocenters. The van der Waals surface area contributed by atoms with Crippen molar-refractivity contribution >= 4 is 21.6 Å². The summed E-state index contributed by atoms with van der Waals surface area (Å²) in [6, 6.07) is 9.54. The topological polar surface area (TPSA) is 83.7 Å². The number of nitrogens with zero attached hydrogens (tertiary/aromatic N) is 3. The van der Waals surface area contributed by atoms with Gasteiger partial charge in [-0.25, -0.2) is 12.7 Å². The quantitative estimate of drug-likeness (QED) is 0.738. The molecule has 0 N–H and O–H groups in total. The molecule has 1 amide bonds. The molecule has 2 aromatic rings. The maximum Gasteiger partial charge on any atom is 0.230 e. The summed E-state index contributed by atoms with van der Waals surface area (Å²) in [5.74, 6) is 0.604. The predicted molar refractivity (Wildman–Crippen MR) is 107 cm³/mol. The van der Waals surface area contributed by atoms with E-state index in [1.165, 1.54) is 4.31 Å². The van der Waals surface area contributed by atoms with Crippen molar-refractivity contribution in [3.05, 3.63) is 47.3 Å². The molecule has 152 valence electrons. The van der Waals surface area contributed by atoms with Crippen LogP contribution in [0.25, 0.3) is 0 Å². The summed E-state index contributed by atoms with van der Waals surface area (Å²) in [5.41, 5.74) is 2.49. The molecule has 0 radical (unpaired) electrons. The van der Waals surface area contributed by atoms with E-state index in [-0.39, 0.29) is 17.6 Å². The van der Waals surface area contributed by atoms with Gasteiger partial charge in [0.05, 0.1) is 18.0 Å². The number of carbonyl (C=O) groups is 1. The Morgan fingerprint density at radius 1 is 1.21 bits per heavy atom. The standard InChI is InChI=1S/C20H27N3O4S/c1-4-28(25,26)22-12-10-17(11-13-22)20(24)23(18-8-6-5-7-9-18)14-19-15(2)21-27-16(19)3/h5-9,17H,4,10-14H2,1-3H3. The largest absolute Gasteiger partial charge is 0.361 e. The molecule has 0 atom stereocenters. The van der Waals surface area contributed by atoms with E-state index < -0.39 is 10.0 Å². The highest BCUT2D eigenvalue weighted by Gasteiger charge is 2.33. The Labute approximate surface area is 166 Å². The zero-order chi connectivity index (χ0) is 20.3. The third kappa shape index (κ3) is 4.28. The van der Waals surface area contributed by atoms with E-state index in [1.54, 1.807) is 11.8 Å². The smallest absolute Gasteiger partial charge is 0.230 e. The average Bonchev–Trinajstić information content (AvgIpc) is 3.04. The minimum atomic E-state index is -3.21. The van der Waals surface area contributed by atoms with E-state index >= 15 is 0 Å². The molecule has 1 saturated heterocycles. The second-order valence-electron chi connectivity index (χ2n) is 7.14. The van der Waals surface area contributed by atoms with Gasteiger partial charge in [0.15, 0.2) is 0 Å². The molecular weight excluding hydrogens is 378 g/mol. The molecule has 1 aromatic heterocycles. The lowest BCUT2D eigenvalue weighted by Gasteiger charge is -2.33. The van der Waals surface area contributed by atoms with Crippen molar-refractivity contribution < 1.29 is 17.7 Å². The Bertz CT molecular complexity index is 897. The van der Waals surface area contributed by atoms with Crippen molar-refractivity contribution in [3.8, 4) is 0 Å². The molecule has 0 spiro atoms. The van der Waals surface area contributed by atoms with Crippen LogP contribution in [0.1, 0.15) is 36.8 Å². The first-order valence-corrected chi connectivity index (χ1v) is 11.2. The number of sulfonamides is 1. The van der Waals surface area contributed by atoms with Crippen LogP contribution < -0.4 is 4.90 Å². The highest BCUT2D eigenvalue weighted by molar-refractivity contribution is 7.89. The van der Waals surface area contributed by atoms with Gasteiger partial charge in [-0.3, -0.25) is 4.79 Å². The molecule has 0 bridgehead atoms. The van der Waals surface area contributed by atoms with E-state index in [0.29, 0.717) is 38.2 Å². The molecule has 7 nitrogen and oxygen atoms in total. The Morgan fingerprint density at radius 3 is 2.39 bits per heavy atom. The first kappa shape index (κ1) is 20.5. The SMILES string of the molecule is CCS(=O)(=O)N1CCC(C(=O)N(Cc2c(C)noc2C)c2ccccc2)CC1. The first-order chi connectivity index (χ1) is 13.3. The predicted octanol–water partition coefficient (Wildman–Crippen LogP) is 2.89. The van der Waals surface area contributed by atoms with Crippen LogP contribution in [-0.4, -0.2) is 42.6 Å². The lowest BCUT2D eigenvalue weighted by molar-refractivity contribution is -0.123. The van der Waals surface area contributed by atoms with Crippen molar-refractivity contribution in [2.75, 3.05) is 23.7 Å². The summed E-state index contributed by atoms with van der Waals surface area (Å²) in [6.45, 7) is 6.52. The van der Waals surface area contributed by atoms with Crippen molar-refractivity contribution in [2.24, 2.45) is 5.92 Å². The number of para-hydroxylation sites is 1. The number of rotatable bonds is 6. The highest BCUT2D eigenvalue weighted by Crippen LogP contribution is 2.27. The normalized spacial score (nSPS) is 16.2. The molecule has 1 aliphatic heterocycles. The van der Waals surface area contributed by atoms with Gasteiger partial charge in [0.25, 0.3) is 0 Å². The highest BCUT2D eigenvalue weighted by atomic mass is 32.2. The summed E-state index contributed by atoms with van der Waals surface area (Å²) >= 11 is 0. The molecule has 0 saturated carbocycles. The van der Waals surface area contributed by atoms with Gasteiger partial charge < -0.3 is 9.42 Å². The fraction of sp³-hybridized carbons (Fsp3) is 0.500. The number of amides is 1. The zero-order valence-electron chi connectivity index (χ0n) is 16.6. The summed E-state index contributed by atoms with van der Waals surface area (Å²) < 4.78 is 30.9. The van der Waals surface area contributed by atoms with Gasteiger partial charge in [0.2, 0.25) is 15.9 Å². The van der Waals surface area contributed by atoms with Gasteiger partial charge in [0, 0.05) is 30.3 Å². The second kappa shape index (κ2) is 8.45. The van der Waals surface area contributed by atoms with E-state index in [4.69, 9.17) is 4.52 Å². The second-order valence-corrected chi connectivity index (χ2v) is 9.39. The van der Waals surface area contributed by atoms with Crippen LogP contribution in [0.15, 0.2) is 34.9 Å². The summed E-state index contributed by atoms with van der Waals surface area (Å²) in [6.07, 6.45) is 1.06. The summed E-state index contributed by atoms with van der Waals surface area (Å²) in [7, 11) is -3.21. The van der Waals surface area contributed by atoms with Crippen molar-refractivity contribution in [3.63, 3.8) is 0 Å². The van der Waals surface area contributed by atoms with Crippen molar-refractivity contribution in [1.29, 1.82) is 0 Å². The first-order valence-electron chi connectivity index (χ1n) is 9.59. The number of aromatic nitrogens is 1. The molecule has 1 aromatic carbocycles. The van der Waals surface area contributed by atoms with Crippen molar-refractivity contribution in [2.45, 2.75) is 40.2 Å². The van der Waals surface area contributed by atoms with E-state index in [0.717, 1.165) is 16.9 Å². The molecule has 1 fully saturated rings. The van der Waals surface area contributed by atoms with Gasteiger partial charge in [-0.1, -0.05) is 23.4 Å². The number of benzene rings is 1. The fourth-order valence-corrected chi connectivity index (χ4v) is 4.71. The van der Waals surface area contributed by atoms with Crippen LogP contribution in [0.3, 0.4) is 0 Å². The molecule has 8 heteroatoms. The van der Waals surface area contributed by atoms with Crippen LogP contribution in [0.5, 0.6) is 0 Å².